The van der Waals surface area contributed by atoms with E-state index in [0.29, 0.717) is 0 Å². The SMILES string of the molecule is CCCCCCCCCc1ccc2c(n1)NCCC2. The molecule has 1 N–H and O–H groups in total. The molecule has 0 spiro atoms. The fourth-order valence-corrected chi connectivity index (χ4v) is 2.77. The van der Waals surface area contributed by atoms with Gasteiger partial charge in [-0.25, -0.2) is 4.98 Å². The summed E-state index contributed by atoms with van der Waals surface area (Å²) in [4.78, 5) is 4.75. The highest BCUT2D eigenvalue weighted by Crippen LogP contribution is 2.20. The van der Waals surface area contributed by atoms with E-state index in [2.05, 4.69) is 24.4 Å². The summed E-state index contributed by atoms with van der Waals surface area (Å²) in [6.07, 6.45) is 13.2. The molecule has 0 atom stereocenters. The summed E-state index contributed by atoms with van der Waals surface area (Å²) < 4.78 is 0. The third kappa shape index (κ3) is 4.85. The van der Waals surface area contributed by atoms with Crippen LogP contribution in [0, 0.1) is 0 Å². The number of hydrogen-bond donors (Lipinski definition) is 1. The predicted octanol–water partition coefficient (Wildman–Crippen LogP) is 4.73. The highest BCUT2D eigenvalue weighted by atomic mass is 15.0. The topological polar surface area (TPSA) is 24.9 Å². The van der Waals surface area contributed by atoms with Crippen LogP contribution in [0.5, 0.6) is 0 Å². The second-order valence-electron chi connectivity index (χ2n) is 5.71. The number of nitrogens with zero attached hydrogens (tertiary/aromatic N) is 1. The molecular formula is C17H28N2. The Balaban J connectivity index is 1.66. The van der Waals surface area contributed by atoms with Crippen LogP contribution in [-0.2, 0) is 12.8 Å². The van der Waals surface area contributed by atoms with Crippen molar-refractivity contribution < 1.29 is 0 Å². The van der Waals surface area contributed by atoms with Gasteiger partial charge in [0, 0.05) is 12.2 Å². The molecule has 1 aromatic rings. The first-order chi connectivity index (χ1) is 9.40. The molecule has 2 heteroatoms. The monoisotopic (exact) mass is 260 g/mol. The first kappa shape index (κ1) is 14.4. The largest absolute Gasteiger partial charge is 0.370 e. The van der Waals surface area contributed by atoms with Gasteiger partial charge in [0.15, 0.2) is 0 Å². The molecule has 1 aromatic heterocycles. The first-order valence-electron chi connectivity index (χ1n) is 8.13. The normalized spacial score (nSPS) is 13.9. The Kier molecular flexibility index (Phi) is 6.19. The van der Waals surface area contributed by atoms with E-state index in [1.165, 1.54) is 69.0 Å². The maximum absolute atomic E-state index is 4.75. The molecule has 0 saturated carbocycles. The number of fused-ring (bicyclic) bond motifs is 1. The van der Waals surface area contributed by atoms with Gasteiger partial charge in [0.25, 0.3) is 0 Å². The van der Waals surface area contributed by atoms with Crippen LogP contribution in [0.25, 0.3) is 0 Å². The van der Waals surface area contributed by atoms with Crippen LogP contribution in [0.2, 0.25) is 0 Å². The lowest BCUT2D eigenvalue weighted by Crippen LogP contribution is -2.13. The first-order valence-corrected chi connectivity index (χ1v) is 8.13. The van der Waals surface area contributed by atoms with Gasteiger partial charge in [-0.2, -0.15) is 0 Å². The van der Waals surface area contributed by atoms with E-state index >= 15 is 0 Å². The number of aryl methyl sites for hydroxylation is 2. The summed E-state index contributed by atoms with van der Waals surface area (Å²) in [7, 11) is 0. The smallest absolute Gasteiger partial charge is 0.129 e. The summed E-state index contributed by atoms with van der Waals surface area (Å²) in [6.45, 7) is 3.36. The van der Waals surface area contributed by atoms with Crippen LogP contribution in [0.15, 0.2) is 12.1 Å². The molecule has 106 valence electrons. The van der Waals surface area contributed by atoms with Crippen LogP contribution < -0.4 is 5.32 Å². The third-order valence-corrected chi connectivity index (χ3v) is 3.99. The van der Waals surface area contributed by atoms with Crippen molar-refractivity contribution in [2.75, 3.05) is 11.9 Å². The number of hydrogen-bond acceptors (Lipinski definition) is 2. The highest BCUT2D eigenvalue weighted by Gasteiger charge is 2.09. The van der Waals surface area contributed by atoms with Crippen LogP contribution in [-0.4, -0.2) is 11.5 Å². The van der Waals surface area contributed by atoms with Crippen molar-refractivity contribution >= 4 is 5.82 Å². The minimum absolute atomic E-state index is 1.08. The van der Waals surface area contributed by atoms with Gasteiger partial charge in [-0.1, -0.05) is 51.5 Å². The van der Waals surface area contributed by atoms with E-state index in [0.717, 1.165) is 18.8 Å². The lowest BCUT2D eigenvalue weighted by Gasteiger charge is -2.17. The van der Waals surface area contributed by atoms with Gasteiger partial charge in [0.2, 0.25) is 0 Å². The van der Waals surface area contributed by atoms with E-state index in [1.807, 2.05) is 0 Å². The van der Waals surface area contributed by atoms with Crippen LogP contribution in [0.1, 0.15) is 69.5 Å². The molecule has 1 aliphatic heterocycles. The number of unbranched alkanes of at least 4 members (excludes halogenated alkanes) is 6. The maximum Gasteiger partial charge on any atom is 0.129 e. The van der Waals surface area contributed by atoms with Gasteiger partial charge in [0.05, 0.1) is 0 Å². The molecule has 0 unspecified atom stereocenters. The van der Waals surface area contributed by atoms with Crippen LogP contribution in [0.4, 0.5) is 5.82 Å². The van der Waals surface area contributed by atoms with Gasteiger partial charge < -0.3 is 5.32 Å². The van der Waals surface area contributed by atoms with Crippen molar-refractivity contribution in [1.29, 1.82) is 0 Å². The van der Waals surface area contributed by atoms with E-state index in [-0.39, 0.29) is 0 Å². The number of pyridine rings is 1. The van der Waals surface area contributed by atoms with E-state index in [9.17, 15) is 0 Å². The summed E-state index contributed by atoms with van der Waals surface area (Å²) in [5, 5.41) is 3.42. The molecule has 0 aromatic carbocycles. The molecule has 2 nitrogen and oxygen atoms in total. The van der Waals surface area contributed by atoms with Gasteiger partial charge in [-0.05, 0) is 37.3 Å². The van der Waals surface area contributed by atoms with Gasteiger partial charge in [-0.3, -0.25) is 0 Å². The Bertz CT molecular complexity index is 374. The standard InChI is InChI=1S/C17H28N2/c1-2-3-4-5-6-7-8-11-16-13-12-15-10-9-14-18-17(15)19-16/h12-13H,2-11,14H2,1H3,(H,18,19). The summed E-state index contributed by atoms with van der Waals surface area (Å²) in [5.41, 5.74) is 2.66. The summed E-state index contributed by atoms with van der Waals surface area (Å²) in [6, 6.07) is 4.49. The Morgan fingerprint density at radius 2 is 1.84 bits per heavy atom. The minimum atomic E-state index is 1.08. The van der Waals surface area contributed by atoms with Gasteiger partial charge >= 0.3 is 0 Å². The molecular weight excluding hydrogens is 232 g/mol. The Hall–Kier alpha value is -1.05. The number of rotatable bonds is 8. The zero-order valence-corrected chi connectivity index (χ0v) is 12.4. The highest BCUT2D eigenvalue weighted by molar-refractivity contribution is 5.46. The Labute approximate surface area is 118 Å². The molecule has 0 aliphatic carbocycles. The van der Waals surface area contributed by atoms with E-state index < -0.39 is 0 Å². The number of aromatic nitrogens is 1. The summed E-state index contributed by atoms with van der Waals surface area (Å²) >= 11 is 0. The molecule has 0 saturated heterocycles. The van der Waals surface area contributed by atoms with Crippen molar-refractivity contribution in [2.45, 2.75) is 71.1 Å². The van der Waals surface area contributed by atoms with Crippen molar-refractivity contribution in [3.05, 3.63) is 23.4 Å². The molecule has 2 heterocycles. The lowest BCUT2D eigenvalue weighted by atomic mass is 10.0. The van der Waals surface area contributed by atoms with E-state index in [4.69, 9.17) is 4.98 Å². The van der Waals surface area contributed by atoms with Crippen molar-refractivity contribution in [2.24, 2.45) is 0 Å². The van der Waals surface area contributed by atoms with Crippen LogP contribution in [0.3, 0.4) is 0 Å². The number of nitrogens with one attached hydrogen (secondary N) is 1. The van der Waals surface area contributed by atoms with Gasteiger partial charge in [-0.15, -0.1) is 0 Å². The summed E-state index contributed by atoms with van der Waals surface area (Å²) in [5.74, 6) is 1.15. The zero-order valence-electron chi connectivity index (χ0n) is 12.4. The minimum Gasteiger partial charge on any atom is -0.370 e. The Morgan fingerprint density at radius 3 is 2.68 bits per heavy atom. The molecule has 0 fully saturated rings. The quantitative estimate of drug-likeness (QED) is 0.683. The second-order valence-corrected chi connectivity index (χ2v) is 5.71. The van der Waals surface area contributed by atoms with E-state index in [1.54, 1.807) is 0 Å². The molecule has 1 aliphatic rings. The number of anilines is 1. The third-order valence-electron chi connectivity index (χ3n) is 3.99. The lowest BCUT2D eigenvalue weighted by molar-refractivity contribution is 0.587. The fourth-order valence-electron chi connectivity index (χ4n) is 2.77. The van der Waals surface area contributed by atoms with Crippen molar-refractivity contribution in [3.8, 4) is 0 Å². The average Bonchev–Trinajstić information content (AvgIpc) is 2.46. The maximum atomic E-state index is 4.75. The molecule has 19 heavy (non-hydrogen) atoms. The zero-order chi connectivity index (χ0) is 13.3. The average molecular weight is 260 g/mol. The van der Waals surface area contributed by atoms with Crippen molar-refractivity contribution in [1.82, 2.24) is 4.98 Å². The fraction of sp³-hybridized carbons (Fsp3) is 0.706. The molecule has 0 amide bonds. The molecule has 0 bridgehead atoms. The van der Waals surface area contributed by atoms with Crippen LogP contribution >= 0.6 is 0 Å². The Morgan fingerprint density at radius 1 is 1.05 bits per heavy atom. The molecule has 0 radical (unpaired) electrons. The molecule has 2 rings (SSSR count). The predicted molar refractivity (Wildman–Crippen MR) is 82.7 cm³/mol. The second kappa shape index (κ2) is 8.19. The van der Waals surface area contributed by atoms with Crippen molar-refractivity contribution in [3.63, 3.8) is 0 Å². The van der Waals surface area contributed by atoms with Gasteiger partial charge in [0.1, 0.15) is 5.82 Å².